The number of urea groups is 1. The maximum atomic E-state index is 12.9. The molecule has 1 aromatic carbocycles. The Morgan fingerprint density at radius 3 is 2.67 bits per heavy atom. The molecule has 0 aliphatic carbocycles. The van der Waals surface area contributed by atoms with Crippen molar-refractivity contribution in [2.24, 2.45) is 0 Å². The van der Waals surface area contributed by atoms with E-state index in [9.17, 15) is 9.59 Å². The number of fused-ring (bicyclic) bond motifs is 1. The first-order valence-electron chi connectivity index (χ1n) is 9.57. The van der Waals surface area contributed by atoms with Crippen molar-refractivity contribution in [2.45, 2.75) is 57.3 Å². The molecule has 146 valence electrons. The highest BCUT2D eigenvalue weighted by atomic mass is 16.6. The van der Waals surface area contributed by atoms with E-state index in [1.54, 1.807) is 0 Å². The molecular weight excluding hydrogens is 346 g/mol. The minimum Gasteiger partial charge on any atom is -0.487 e. The zero-order valence-corrected chi connectivity index (χ0v) is 16.1. The Kier molecular flexibility index (Phi) is 4.20. The van der Waals surface area contributed by atoms with Gasteiger partial charge in [0.2, 0.25) is 0 Å². The number of carbonyl (C=O) groups is 2. The molecule has 1 aromatic rings. The summed E-state index contributed by atoms with van der Waals surface area (Å²) in [5.41, 5.74) is 1.39. The van der Waals surface area contributed by atoms with Crippen molar-refractivity contribution >= 4 is 12.1 Å². The average molecular weight is 373 g/mol. The Morgan fingerprint density at radius 1 is 1.26 bits per heavy atom. The van der Waals surface area contributed by atoms with Crippen LogP contribution < -0.4 is 15.4 Å². The number of ether oxygens (including phenoxy) is 2. The summed E-state index contributed by atoms with van der Waals surface area (Å²) in [6.45, 7) is 7.81. The standard InChI is InChI=1S/C20H27N3O4/c1-13-4-5-16-14(10-13)15(11-19(2,3)26-16)22-17(24)23-8-6-20(7-9-23)12-21-18(25)27-20/h4-5,10,15H,6-9,11-12H2,1-3H3,(H,21,25)(H,22,24). The Morgan fingerprint density at radius 2 is 2.00 bits per heavy atom. The number of hydrogen-bond donors (Lipinski definition) is 2. The Balaban J connectivity index is 1.44. The summed E-state index contributed by atoms with van der Waals surface area (Å²) in [5.74, 6) is 0.837. The fraction of sp³-hybridized carbons (Fsp3) is 0.600. The van der Waals surface area contributed by atoms with Crippen LogP contribution >= 0.6 is 0 Å². The van der Waals surface area contributed by atoms with Gasteiger partial charge < -0.3 is 25.0 Å². The van der Waals surface area contributed by atoms with Crippen LogP contribution in [0.5, 0.6) is 5.75 Å². The van der Waals surface area contributed by atoms with Crippen LogP contribution in [-0.4, -0.2) is 47.9 Å². The highest BCUT2D eigenvalue weighted by molar-refractivity contribution is 5.75. The number of hydrogen-bond acceptors (Lipinski definition) is 4. The molecule has 1 atom stereocenters. The van der Waals surface area contributed by atoms with E-state index < -0.39 is 5.60 Å². The van der Waals surface area contributed by atoms with Gasteiger partial charge >= 0.3 is 12.1 Å². The van der Waals surface area contributed by atoms with Crippen LogP contribution in [0, 0.1) is 6.92 Å². The van der Waals surface area contributed by atoms with Gasteiger partial charge in [0.25, 0.3) is 0 Å². The van der Waals surface area contributed by atoms with Gasteiger partial charge in [-0.3, -0.25) is 0 Å². The zero-order valence-electron chi connectivity index (χ0n) is 16.1. The molecule has 0 radical (unpaired) electrons. The summed E-state index contributed by atoms with van der Waals surface area (Å²) in [6, 6.07) is 5.94. The molecule has 3 aliphatic heterocycles. The van der Waals surface area contributed by atoms with E-state index in [-0.39, 0.29) is 23.8 Å². The van der Waals surface area contributed by atoms with Crippen LogP contribution in [0.15, 0.2) is 18.2 Å². The molecule has 27 heavy (non-hydrogen) atoms. The summed E-state index contributed by atoms with van der Waals surface area (Å²) in [4.78, 5) is 26.1. The Labute approximate surface area is 159 Å². The summed E-state index contributed by atoms with van der Waals surface area (Å²) >= 11 is 0. The van der Waals surface area contributed by atoms with Gasteiger partial charge in [0, 0.05) is 37.9 Å². The van der Waals surface area contributed by atoms with Crippen molar-refractivity contribution in [2.75, 3.05) is 19.6 Å². The monoisotopic (exact) mass is 373 g/mol. The van der Waals surface area contributed by atoms with E-state index in [0.29, 0.717) is 38.9 Å². The van der Waals surface area contributed by atoms with E-state index in [4.69, 9.17) is 9.47 Å². The van der Waals surface area contributed by atoms with Crippen molar-refractivity contribution in [3.63, 3.8) is 0 Å². The molecule has 2 N–H and O–H groups in total. The van der Waals surface area contributed by atoms with Crippen LogP contribution in [0.25, 0.3) is 0 Å². The molecule has 3 heterocycles. The van der Waals surface area contributed by atoms with E-state index in [1.807, 2.05) is 37.8 Å². The number of piperidine rings is 1. The first-order chi connectivity index (χ1) is 12.8. The fourth-order valence-corrected chi connectivity index (χ4v) is 4.24. The second-order valence-electron chi connectivity index (χ2n) is 8.52. The van der Waals surface area contributed by atoms with E-state index in [2.05, 4.69) is 16.7 Å². The highest BCUT2D eigenvalue weighted by Crippen LogP contribution is 2.40. The van der Waals surface area contributed by atoms with E-state index in [1.165, 1.54) is 0 Å². The number of nitrogens with zero attached hydrogens (tertiary/aromatic N) is 1. The third-order valence-corrected chi connectivity index (χ3v) is 5.75. The van der Waals surface area contributed by atoms with Crippen molar-refractivity contribution in [3.05, 3.63) is 29.3 Å². The van der Waals surface area contributed by atoms with E-state index >= 15 is 0 Å². The van der Waals surface area contributed by atoms with Crippen molar-refractivity contribution in [1.29, 1.82) is 0 Å². The van der Waals surface area contributed by atoms with Crippen LogP contribution in [0.2, 0.25) is 0 Å². The second-order valence-corrected chi connectivity index (χ2v) is 8.52. The minimum absolute atomic E-state index is 0.0720. The van der Waals surface area contributed by atoms with Crippen LogP contribution in [-0.2, 0) is 4.74 Å². The summed E-state index contributed by atoms with van der Waals surface area (Å²) in [6.07, 6.45) is 1.68. The highest BCUT2D eigenvalue weighted by Gasteiger charge is 2.44. The van der Waals surface area contributed by atoms with Gasteiger partial charge in [-0.15, -0.1) is 0 Å². The summed E-state index contributed by atoms with van der Waals surface area (Å²) in [5, 5.41) is 5.92. The number of rotatable bonds is 1. The van der Waals surface area contributed by atoms with E-state index in [0.717, 1.165) is 16.9 Å². The normalized spacial score (nSPS) is 25.2. The molecule has 3 aliphatic rings. The van der Waals surface area contributed by atoms with Crippen molar-refractivity contribution < 1.29 is 19.1 Å². The van der Waals surface area contributed by atoms with Crippen LogP contribution in [0.1, 0.15) is 50.3 Å². The Bertz CT molecular complexity index is 768. The lowest BCUT2D eigenvalue weighted by atomic mass is 9.89. The quantitative estimate of drug-likeness (QED) is 0.793. The number of likely N-dealkylation sites (tertiary alicyclic amines) is 1. The van der Waals surface area contributed by atoms with Gasteiger partial charge in [-0.2, -0.15) is 0 Å². The maximum absolute atomic E-state index is 12.9. The molecule has 7 heteroatoms. The third-order valence-electron chi connectivity index (χ3n) is 5.75. The topological polar surface area (TPSA) is 79.9 Å². The number of alkyl carbamates (subject to hydrolysis) is 1. The number of amides is 3. The van der Waals surface area contributed by atoms with Gasteiger partial charge in [0.05, 0.1) is 12.6 Å². The third kappa shape index (κ3) is 3.55. The lowest BCUT2D eigenvalue weighted by Gasteiger charge is -2.40. The lowest BCUT2D eigenvalue weighted by molar-refractivity contribution is 0.00892. The van der Waals surface area contributed by atoms with Gasteiger partial charge in [-0.1, -0.05) is 17.7 Å². The predicted octanol–water partition coefficient (Wildman–Crippen LogP) is 2.88. The molecule has 3 amide bonds. The first kappa shape index (κ1) is 17.9. The minimum atomic E-state index is -0.446. The van der Waals surface area contributed by atoms with Gasteiger partial charge in [0.15, 0.2) is 0 Å². The maximum Gasteiger partial charge on any atom is 0.407 e. The lowest BCUT2D eigenvalue weighted by Crippen LogP contribution is -2.52. The smallest absolute Gasteiger partial charge is 0.407 e. The first-order valence-corrected chi connectivity index (χ1v) is 9.57. The van der Waals surface area contributed by atoms with Crippen LogP contribution in [0.4, 0.5) is 9.59 Å². The molecule has 0 bridgehead atoms. The number of aryl methyl sites for hydroxylation is 1. The van der Waals surface area contributed by atoms with Crippen LogP contribution in [0.3, 0.4) is 0 Å². The fourth-order valence-electron chi connectivity index (χ4n) is 4.24. The van der Waals surface area contributed by atoms with Gasteiger partial charge in [-0.05, 0) is 26.8 Å². The van der Waals surface area contributed by atoms with Crippen molar-refractivity contribution in [3.8, 4) is 5.75 Å². The Hall–Kier alpha value is -2.44. The molecule has 7 nitrogen and oxygen atoms in total. The summed E-state index contributed by atoms with van der Waals surface area (Å²) in [7, 11) is 0. The molecule has 1 unspecified atom stereocenters. The molecule has 4 rings (SSSR count). The average Bonchev–Trinajstić information content (AvgIpc) is 2.96. The van der Waals surface area contributed by atoms with Gasteiger partial charge in [0.1, 0.15) is 17.0 Å². The zero-order chi connectivity index (χ0) is 19.2. The molecule has 2 saturated heterocycles. The SMILES string of the molecule is Cc1ccc2c(c1)C(NC(=O)N1CCC3(CC1)CNC(=O)O3)CC(C)(C)O2. The molecule has 0 saturated carbocycles. The number of benzene rings is 1. The number of nitrogens with one attached hydrogen (secondary N) is 2. The number of carbonyl (C=O) groups excluding carboxylic acids is 2. The van der Waals surface area contributed by atoms with Gasteiger partial charge in [-0.25, -0.2) is 9.59 Å². The largest absolute Gasteiger partial charge is 0.487 e. The second kappa shape index (κ2) is 6.32. The molecule has 2 fully saturated rings. The molecule has 0 aromatic heterocycles. The summed E-state index contributed by atoms with van der Waals surface area (Å²) < 4.78 is 11.5. The molecular formula is C20H27N3O4. The van der Waals surface area contributed by atoms with Crippen molar-refractivity contribution in [1.82, 2.24) is 15.5 Å². The predicted molar refractivity (Wildman–Crippen MR) is 99.8 cm³/mol. The molecule has 1 spiro atoms.